The minimum Gasteiger partial charge on any atom is -0.412 e. The second-order valence-electron chi connectivity index (χ2n) is 1.06. The molecule has 0 radical (unpaired) electrons. The highest BCUT2D eigenvalue weighted by atomic mass is 31.3. The summed E-state index contributed by atoms with van der Waals surface area (Å²) in [6, 6.07) is 0. The van der Waals surface area contributed by atoms with Crippen molar-refractivity contribution in [1.82, 2.24) is 0 Å². The molecular weight excluding hydrogens is 326 g/mol. The van der Waals surface area contributed by atoms with Crippen molar-refractivity contribution in [3.05, 3.63) is 0 Å². The third-order valence-corrected chi connectivity index (χ3v) is 1.91. The fourth-order valence-corrected chi connectivity index (χ4v) is 1.25. The first kappa shape index (κ1) is 77.4. The fraction of sp³-hybridized carbons (Fsp3) is 0. The predicted octanol–water partition coefficient (Wildman–Crippen LogP) is -8.33. The molecule has 0 heterocycles. The molecule has 0 rings (SSSR count). The molecule has 0 aliphatic heterocycles. The summed E-state index contributed by atoms with van der Waals surface area (Å²) >= 11 is 0. The van der Waals surface area contributed by atoms with Crippen molar-refractivity contribution in [3.8, 4) is 0 Å². The van der Waals surface area contributed by atoms with Gasteiger partial charge in [0, 0.05) is 0 Å². The molecule has 0 fully saturated rings. The molecule has 18 heavy (non-hydrogen) atoms. The van der Waals surface area contributed by atoms with Gasteiger partial charge in [-0.15, -0.1) is 0 Å². The normalized spacial score (nSPS) is 6.89. The monoisotopic (exact) mass is 348 g/mol. The van der Waals surface area contributed by atoms with E-state index in [0.29, 0.717) is 0 Å². The minimum atomic E-state index is -5.05. The van der Waals surface area contributed by atoms with Crippen LogP contribution in [0.25, 0.3) is 0 Å². The first-order valence-electron chi connectivity index (χ1n) is 1.53. The van der Waals surface area contributed by atoms with Crippen molar-refractivity contribution in [1.29, 1.82) is 0 Å². The molecule has 0 aliphatic carbocycles. The van der Waals surface area contributed by atoms with Crippen LogP contribution in [0.15, 0.2) is 0 Å². The van der Waals surface area contributed by atoms with E-state index in [-0.39, 0.29) is 66.9 Å². The number of phosphoric acid groups is 2. The van der Waals surface area contributed by atoms with E-state index >= 15 is 0 Å². The molecule has 0 spiro atoms. The zero-order valence-corrected chi connectivity index (χ0v) is 9.70. The molecule has 0 amide bonds. The molecule has 18 heteroatoms. The highest BCUT2D eigenvalue weighted by Crippen LogP contribution is 2.53. The van der Waals surface area contributed by atoms with Crippen LogP contribution in [0.1, 0.15) is 0 Å². The average Bonchev–Trinajstić information content (AvgIpc) is 1.14. The van der Waals surface area contributed by atoms with Crippen LogP contribution in [-0.4, -0.2) is 86.4 Å². The topological polar surface area (TPSA) is 376 Å². The van der Waals surface area contributed by atoms with E-state index in [0.717, 1.165) is 0 Å². The van der Waals surface area contributed by atoms with E-state index in [1.165, 1.54) is 0 Å². The van der Waals surface area contributed by atoms with Gasteiger partial charge in [-0.3, -0.25) is 0 Å². The highest BCUT2D eigenvalue weighted by Gasteiger charge is 2.27. The van der Waals surface area contributed by atoms with E-state index in [1.54, 1.807) is 0 Å². The number of rotatable bonds is 2. The summed E-state index contributed by atoms with van der Waals surface area (Å²) in [5.41, 5.74) is 0. The van der Waals surface area contributed by atoms with E-state index in [9.17, 15) is 9.13 Å². The van der Waals surface area contributed by atoms with E-state index in [2.05, 4.69) is 4.31 Å². The summed E-state index contributed by atoms with van der Waals surface area (Å²) < 4.78 is 22.2. The molecule has 15 nitrogen and oxygen atoms in total. The van der Waals surface area contributed by atoms with Crippen LogP contribution in [0.2, 0.25) is 0 Å². The SMILES string of the molecule is O.O.O.O.O.O.O.O.O=P(O)(O)OP(=O)(O)O.[MgH2]. The minimum absolute atomic E-state index is 0. The maximum Gasteiger partial charge on any atom is 0.478 e. The molecule has 20 N–H and O–H groups in total. The Morgan fingerprint density at radius 2 is 0.667 bits per heavy atom. The molecule has 0 aliphatic rings. The lowest BCUT2D eigenvalue weighted by Crippen LogP contribution is -1.84. The van der Waals surface area contributed by atoms with Crippen LogP contribution in [0.3, 0.4) is 0 Å². The van der Waals surface area contributed by atoms with Gasteiger partial charge in [-0.1, -0.05) is 0 Å². The zero-order valence-electron chi connectivity index (χ0n) is 7.91. The first-order chi connectivity index (χ1) is 3.71. The van der Waals surface area contributed by atoms with Crippen LogP contribution in [-0.2, 0) is 13.4 Å². The maximum atomic E-state index is 9.63. The summed E-state index contributed by atoms with van der Waals surface area (Å²) in [6.07, 6.45) is 0. The average molecular weight is 348 g/mol. The standard InChI is InChI=1S/Mg.H4O7P2.8H2O.2H/c;1-8(2,3)7-9(4,5)6;;;;;;;;;;/h;(H2,1,2,3)(H2,4,5,6);8*1H2;;. The van der Waals surface area contributed by atoms with Gasteiger partial charge in [0.05, 0.1) is 0 Å². The molecule has 0 aromatic rings. The lowest BCUT2D eigenvalue weighted by Gasteiger charge is -2.03. The van der Waals surface area contributed by atoms with Crippen LogP contribution in [0.5, 0.6) is 0 Å². The Labute approximate surface area is 116 Å². The summed E-state index contributed by atoms with van der Waals surface area (Å²) in [5, 5.41) is 0. The Balaban J connectivity index is -0.00000000889. The van der Waals surface area contributed by atoms with Gasteiger partial charge in [-0.2, -0.15) is 4.31 Å². The van der Waals surface area contributed by atoms with Crippen molar-refractivity contribution < 1.29 is 76.8 Å². The van der Waals surface area contributed by atoms with Gasteiger partial charge in [0.25, 0.3) is 0 Å². The Morgan fingerprint density at radius 3 is 0.667 bits per heavy atom. The third kappa shape index (κ3) is 91.6. The van der Waals surface area contributed by atoms with Crippen molar-refractivity contribution in [2.75, 3.05) is 0 Å². The van der Waals surface area contributed by atoms with Crippen molar-refractivity contribution in [3.63, 3.8) is 0 Å². The molecule has 0 aromatic carbocycles. The quantitative estimate of drug-likeness (QED) is 0.275. The smallest absolute Gasteiger partial charge is 0.412 e. The van der Waals surface area contributed by atoms with Gasteiger partial charge in [-0.05, 0) is 0 Å². The second-order valence-corrected chi connectivity index (χ2v) is 3.68. The van der Waals surface area contributed by atoms with Gasteiger partial charge in [-0.25, -0.2) is 9.13 Å². The highest BCUT2D eigenvalue weighted by molar-refractivity contribution is 7.60. The molecular formula is H22MgO15P2. The molecule has 0 unspecified atom stereocenters. The molecule has 0 aromatic heterocycles. The van der Waals surface area contributed by atoms with Gasteiger partial charge in [0.1, 0.15) is 0 Å². The van der Waals surface area contributed by atoms with Crippen LogP contribution in [0.4, 0.5) is 0 Å². The molecule has 0 bridgehead atoms. The Bertz CT molecular complexity index is 155. The van der Waals surface area contributed by atoms with Gasteiger partial charge in [0.15, 0.2) is 0 Å². The summed E-state index contributed by atoms with van der Waals surface area (Å²) in [6.45, 7) is 0. The van der Waals surface area contributed by atoms with Gasteiger partial charge in [0.2, 0.25) is 0 Å². The molecule has 0 atom stereocenters. The van der Waals surface area contributed by atoms with Crippen LogP contribution < -0.4 is 0 Å². The third-order valence-electron chi connectivity index (χ3n) is 0.213. The van der Waals surface area contributed by atoms with E-state index < -0.39 is 15.6 Å². The zero-order chi connectivity index (χ0) is 7.71. The van der Waals surface area contributed by atoms with Crippen molar-refractivity contribution in [2.24, 2.45) is 0 Å². The number of hydrogen-bond donors (Lipinski definition) is 4. The maximum absolute atomic E-state index is 9.63. The van der Waals surface area contributed by atoms with Gasteiger partial charge >= 0.3 is 38.7 Å². The molecule has 0 saturated heterocycles. The Kier molecular flexibility index (Phi) is 113. The van der Waals surface area contributed by atoms with Crippen molar-refractivity contribution >= 4 is 38.7 Å². The fourth-order valence-electron chi connectivity index (χ4n) is 0.139. The predicted molar refractivity (Wildman–Crippen MR) is 62.6 cm³/mol. The van der Waals surface area contributed by atoms with Crippen molar-refractivity contribution in [2.45, 2.75) is 0 Å². The van der Waals surface area contributed by atoms with E-state index in [1.807, 2.05) is 0 Å². The Morgan fingerprint density at radius 1 is 0.556 bits per heavy atom. The van der Waals surface area contributed by atoms with Gasteiger partial charge < -0.3 is 63.4 Å². The molecule has 0 saturated carbocycles. The summed E-state index contributed by atoms with van der Waals surface area (Å²) in [7, 11) is -10.1. The number of hydrogen-bond acceptors (Lipinski definition) is 3. The Hall–Kier alpha value is 0.706. The summed E-state index contributed by atoms with van der Waals surface area (Å²) in [4.78, 5) is 31.0. The lowest BCUT2D eigenvalue weighted by atomic mass is 15.7. The lowest BCUT2D eigenvalue weighted by molar-refractivity contribution is 0.225. The van der Waals surface area contributed by atoms with E-state index in [4.69, 9.17) is 19.6 Å². The second kappa shape index (κ2) is 26.3. The first-order valence-corrected chi connectivity index (χ1v) is 4.59. The molecule has 124 valence electrons. The van der Waals surface area contributed by atoms with Crippen LogP contribution in [0, 0.1) is 0 Å². The summed E-state index contributed by atoms with van der Waals surface area (Å²) in [5.74, 6) is 0. The largest absolute Gasteiger partial charge is 0.478 e. The van der Waals surface area contributed by atoms with Crippen LogP contribution >= 0.6 is 15.6 Å².